The number of rotatable bonds is 7. The lowest BCUT2D eigenvalue weighted by molar-refractivity contribution is 0.104. The van der Waals surface area contributed by atoms with Gasteiger partial charge in [-0.15, -0.1) is 0 Å². The topological polar surface area (TPSA) is 3.24 Å². The molecule has 0 saturated carbocycles. The Balaban J connectivity index is 1.34. The van der Waals surface area contributed by atoms with E-state index in [2.05, 4.69) is 35.2 Å². The van der Waals surface area contributed by atoms with Gasteiger partial charge in [-0.3, -0.25) is 4.90 Å². The Kier molecular flexibility index (Phi) is 6.36. The SMILES string of the molecule is Fc1ccc(C2C3CC[C@H](C[C@H]2c2ccc(F)cc2)N3CCCCc2ccccc2)cc1. The molecule has 3 heteroatoms. The number of aryl methyl sites for hydroxylation is 1. The minimum atomic E-state index is -0.190. The lowest BCUT2D eigenvalue weighted by Crippen LogP contribution is -2.47. The highest BCUT2D eigenvalue weighted by atomic mass is 19.1. The highest BCUT2D eigenvalue weighted by Gasteiger charge is 2.47. The molecule has 2 unspecified atom stereocenters. The zero-order valence-electron chi connectivity index (χ0n) is 18.5. The summed E-state index contributed by atoms with van der Waals surface area (Å²) in [6, 6.07) is 25.9. The average molecular weight is 432 g/mol. The van der Waals surface area contributed by atoms with Crippen LogP contribution in [0.15, 0.2) is 78.9 Å². The maximum Gasteiger partial charge on any atom is 0.123 e. The lowest BCUT2D eigenvalue weighted by Gasteiger charge is -2.45. The summed E-state index contributed by atoms with van der Waals surface area (Å²) in [7, 11) is 0. The van der Waals surface area contributed by atoms with Crippen LogP contribution in [0, 0.1) is 11.6 Å². The van der Waals surface area contributed by atoms with Gasteiger partial charge in [0.1, 0.15) is 11.6 Å². The Morgan fingerprint density at radius 2 is 1.38 bits per heavy atom. The number of hydrogen-bond donors (Lipinski definition) is 0. The summed E-state index contributed by atoms with van der Waals surface area (Å²) in [5, 5.41) is 0. The molecule has 2 saturated heterocycles. The van der Waals surface area contributed by atoms with Crippen LogP contribution in [0.4, 0.5) is 8.78 Å². The Morgan fingerprint density at radius 3 is 2.06 bits per heavy atom. The van der Waals surface area contributed by atoms with Gasteiger partial charge in [0.15, 0.2) is 0 Å². The van der Waals surface area contributed by atoms with E-state index in [1.165, 1.54) is 42.4 Å². The van der Waals surface area contributed by atoms with Crippen molar-refractivity contribution >= 4 is 0 Å². The van der Waals surface area contributed by atoms with E-state index in [-0.39, 0.29) is 11.6 Å². The zero-order valence-corrected chi connectivity index (χ0v) is 18.5. The van der Waals surface area contributed by atoms with E-state index in [1.54, 1.807) is 24.3 Å². The molecule has 0 aliphatic carbocycles. The zero-order chi connectivity index (χ0) is 21.9. The maximum atomic E-state index is 13.7. The van der Waals surface area contributed by atoms with Crippen LogP contribution in [0.5, 0.6) is 0 Å². The van der Waals surface area contributed by atoms with Crippen LogP contribution in [0.1, 0.15) is 60.6 Å². The van der Waals surface area contributed by atoms with Gasteiger partial charge in [0.05, 0.1) is 0 Å². The van der Waals surface area contributed by atoms with Crippen molar-refractivity contribution in [2.24, 2.45) is 0 Å². The summed E-state index contributed by atoms with van der Waals surface area (Å²) in [5.41, 5.74) is 3.83. The van der Waals surface area contributed by atoms with Gasteiger partial charge < -0.3 is 0 Å². The van der Waals surface area contributed by atoms with E-state index in [4.69, 9.17) is 0 Å². The third kappa shape index (κ3) is 4.49. The molecule has 0 aromatic heterocycles. The van der Waals surface area contributed by atoms with Gasteiger partial charge in [0.25, 0.3) is 0 Å². The molecule has 3 aromatic rings. The molecule has 3 aromatic carbocycles. The summed E-state index contributed by atoms with van der Waals surface area (Å²) in [5.74, 6) is 0.281. The molecule has 2 fully saturated rings. The van der Waals surface area contributed by atoms with E-state index in [1.807, 2.05) is 24.3 Å². The largest absolute Gasteiger partial charge is 0.297 e. The molecule has 2 aliphatic rings. The second-order valence-corrected chi connectivity index (χ2v) is 9.45. The number of hydrogen-bond acceptors (Lipinski definition) is 1. The minimum absolute atomic E-state index is 0.189. The highest BCUT2D eigenvalue weighted by Crippen LogP contribution is 2.51. The molecule has 0 N–H and O–H groups in total. The molecule has 0 amide bonds. The van der Waals surface area contributed by atoms with Gasteiger partial charge in [-0.25, -0.2) is 8.78 Å². The van der Waals surface area contributed by atoms with E-state index < -0.39 is 0 Å². The molecular formula is C29H31F2N. The first-order valence-corrected chi connectivity index (χ1v) is 12.0. The van der Waals surface area contributed by atoms with Crippen LogP contribution in [0.25, 0.3) is 0 Å². The van der Waals surface area contributed by atoms with Crippen molar-refractivity contribution in [2.45, 2.75) is 62.4 Å². The van der Waals surface area contributed by atoms with Gasteiger partial charge in [-0.1, -0.05) is 54.6 Å². The Morgan fingerprint density at radius 1 is 0.719 bits per heavy atom. The summed E-state index contributed by atoms with van der Waals surface area (Å²) >= 11 is 0. The molecule has 0 radical (unpaired) electrons. The van der Waals surface area contributed by atoms with Crippen molar-refractivity contribution in [1.82, 2.24) is 4.90 Å². The number of unbranched alkanes of at least 4 members (excludes halogenated alkanes) is 1. The van der Waals surface area contributed by atoms with Crippen molar-refractivity contribution in [3.05, 3.63) is 107 Å². The number of benzene rings is 3. The van der Waals surface area contributed by atoms with Crippen LogP contribution < -0.4 is 0 Å². The molecule has 166 valence electrons. The quantitative estimate of drug-likeness (QED) is 0.361. The van der Waals surface area contributed by atoms with Gasteiger partial charge in [-0.05, 0) is 91.9 Å². The lowest BCUT2D eigenvalue weighted by atomic mass is 9.72. The predicted octanol–water partition coefficient (Wildman–Crippen LogP) is 7.09. The third-order valence-electron chi connectivity index (χ3n) is 7.59. The fourth-order valence-electron chi connectivity index (χ4n) is 6.12. The number of halogens is 2. The number of piperidine rings is 1. The number of fused-ring (bicyclic) bond motifs is 2. The van der Waals surface area contributed by atoms with Crippen molar-refractivity contribution in [3.63, 3.8) is 0 Å². The fraction of sp³-hybridized carbons (Fsp3) is 0.379. The van der Waals surface area contributed by atoms with Crippen molar-refractivity contribution in [2.75, 3.05) is 6.54 Å². The van der Waals surface area contributed by atoms with Gasteiger partial charge in [-0.2, -0.15) is 0 Å². The molecule has 2 aliphatic heterocycles. The molecular weight excluding hydrogens is 400 g/mol. The van der Waals surface area contributed by atoms with Crippen LogP contribution in [-0.2, 0) is 6.42 Å². The monoisotopic (exact) mass is 431 g/mol. The molecule has 1 nitrogen and oxygen atoms in total. The molecule has 4 atom stereocenters. The number of nitrogens with zero attached hydrogens (tertiary/aromatic N) is 1. The molecule has 2 heterocycles. The van der Waals surface area contributed by atoms with Crippen LogP contribution >= 0.6 is 0 Å². The van der Waals surface area contributed by atoms with Crippen molar-refractivity contribution in [1.29, 1.82) is 0 Å². The second-order valence-electron chi connectivity index (χ2n) is 9.45. The third-order valence-corrected chi connectivity index (χ3v) is 7.59. The second kappa shape index (κ2) is 9.54. The Bertz CT molecular complexity index is 1000. The van der Waals surface area contributed by atoms with Crippen LogP contribution in [0.2, 0.25) is 0 Å². The molecule has 5 rings (SSSR count). The van der Waals surface area contributed by atoms with Gasteiger partial charge >= 0.3 is 0 Å². The first-order chi connectivity index (χ1) is 15.7. The normalized spacial score (nSPS) is 25.2. The first-order valence-electron chi connectivity index (χ1n) is 12.0. The minimum Gasteiger partial charge on any atom is -0.297 e. The fourth-order valence-corrected chi connectivity index (χ4v) is 6.12. The standard InChI is InChI=1S/C29H31F2N/c30-24-13-9-22(10-14-24)27-20-26-17-18-28(29(27)23-11-15-25(31)16-12-23)32(26)19-5-4-8-21-6-2-1-3-7-21/h1-3,6-7,9-16,26-29H,4-5,8,17-20H2/t26-,27+,28?,29?/m1/s1. The Hall–Kier alpha value is -2.52. The van der Waals surface area contributed by atoms with E-state index in [9.17, 15) is 8.78 Å². The van der Waals surface area contributed by atoms with Crippen LogP contribution in [0.3, 0.4) is 0 Å². The van der Waals surface area contributed by atoms with Crippen LogP contribution in [-0.4, -0.2) is 23.5 Å². The highest BCUT2D eigenvalue weighted by molar-refractivity contribution is 5.33. The Labute approximate surface area is 190 Å². The smallest absolute Gasteiger partial charge is 0.123 e. The van der Waals surface area contributed by atoms with Gasteiger partial charge in [0.2, 0.25) is 0 Å². The maximum absolute atomic E-state index is 13.7. The van der Waals surface area contributed by atoms with Crippen molar-refractivity contribution in [3.8, 4) is 0 Å². The van der Waals surface area contributed by atoms with Gasteiger partial charge in [0, 0.05) is 18.0 Å². The summed E-state index contributed by atoms with van der Waals surface area (Å²) in [6.07, 6.45) is 7.01. The van der Waals surface area contributed by atoms with E-state index in [0.29, 0.717) is 23.9 Å². The molecule has 0 spiro atoms. The predicted molar refractivity (Wildman–Crippen MR) is 126 cm³/mol. The molecule has 2 bridgehead atoms. The van der Waals surface area contributed by atoms with E-state index >= 15 is 0 Å². The first kappa shape index (κ1) is 21.3. The summed E-state index contributed by atoms with van der Waals surface area (Å²) in [4.78, 5) is 2.74. The summed E-state index contributed by atoms with van der Waals surface area (Å²) < 4.78 is 27.3. The summed E-state index contributed by atoms with van der Waals surface area (Å²) in [6.45, 7) is 1.12. The van der Waals surface area contributed by atoms with E-state index in [0.717, 1.165) is 19.4 Å². The average Bonchev–Trinajstić information content (AvgIpc) is 3.10. The van der Waals surface area contributed by atoms with Crippen molar-refractivity contribution < 1.29 is 8.78 Å². The molecule has 32 heavy (non-hydrogen) atoms.